The molecule has 0 radical (unpaired) electrons. The Morgan fingerprint density at radius 1 is 0.822 bits per heavy atom. The molecule has 4 N–H and O–H groups in total. The number of aromatic hydroxyl groups is 1. The van der Waals surface area contributed by atoms with Crippen LogP contribution < -0.4 is 10.0 Å². The van der Waals surface area contributed by atoms with Crippen molar-refractivity contribution >= 4 is 71.2 Å². The summed E-state index contributed by atoms with van der Waals surface area (Å²) >= 11 is 6.37. The number of hydrogen-bond acceptors (Lipinski definition) is 8. The van der Waals surface area contributed by atoms with Crippen molar-refractivity contribution in [2.24, 2.45) is 10.2 Å². The van der Waals surface area contributed by atoms with Gasteiger partial charge in [-0.15, -0.1) is 5.11 Å². The quantitative estimate of drug-likeness (QED) is 0.0979. The topological polar surface area (TPSA) is 175 Å². The molecule has 0 saturated heterocycles. The maximum atomic E-state index is 13.3. The molecule has 0 heterocycles. The third kappa shape index (κ3) is 6.81. The molecular formula is C31H25ClN4O7S2. The number of carbonyl (C=O) groups excluding carboxylic acids is 1. The highest BCUT2D eigenvalue weighted by Crippen LogP contribution is 2.41. The Bertz CT molecular complexity index is 2240. The fraction of sp³-hybridized carbons (Fsp3) is 0.0645. The third-order valence-electron chi connectivity index (χ3n) is 6.88. The maximum absolute atomic E-state index is 13.3. The minimum Gasteiger partial charge on any atom is -0.505 e. The fourth-order valence-electron chi connectivity index (χ4n) is 4.43. The fourth-order valence-corrected chi connectivity index (χ4v) is 6.33. The van der Waals surface area contributed by atoms with Gasteiger partial charge in [0.2, 0.25) is 0 Å². The highest BCUT2D eigenvalue weighted by atomic mass is 35.5. The SMILES string of the molecule is Cc1ccccc1NC(=O)c1cc2ccccc2c(N=Nc2cc(S(=O)(=O)Nc3cccc(S(=O)(=O)O)c3)cc(Cl)c2C)c1O. The zero-order valence-corrected chi connectivity index (χ0v) is 26.1. The lowest BCUT2D eigenvalue weighted by Gasteiger charge is -2.13. The lowest BCUT2D eigenvalue weighted by Crippen LogP contribution is -2.13. The number of sulfonamides is 1. The molecule has 0 unspecified atom stereocenters. The number of aryl methyl sites for hydroxylation is 1. The molecule has 0 spiro atoms. The van der Waals surface area contributed by atoms with Gasteiger partial charge in [-0.2, -0.15) is 13.5 Å². The van der Waals surface area contributed by atoms with Gasteiger partial charge in [-0.25, -0.2) is 8.42 Å². The lowest BCUT2D eigenvalue weighted by molar-refractivity contribution is 0.102. The van der Waals surface area contributed by atoms with Gasteiger partial charge in [-0.1, -0.05) is 60.1 Å². The molecule has 0 aliphatic carbocycles. The van der Waals surface area contributed by atoms with E-state index in [1.807, 2.05) is 19.1 Å². The number of nitrogens with zero attached hydrogens (tertiary/aromatic N) is 2. The van der Waals surface area contributed by atoms with Gasteiger partial charge in [0.15, 0.2) is 5.75 Å². The molecule has 5 aromatic rings. The van der Waals surface area contributed by atoms with E-state index in [4.69, 9.17) is 11.6 Å². The molecule has 11 nitrogen and oxygen atoms in total. The van der Waals surface area contributed by atoms with E-state index < -0.39 is 36.7 Å². The van der Waals surface area contributed by atoms with E-state index in [1.165, 1.54) is 30.3 Å². The van der Waals surface area contributed by atoms with Crippen LogP contribution in [-0.4, -0.2) is 32.4 Å². The van der Waals surface area contributed by atoms with Gasteiger partial charge in [0.05, 0.1) is 26.7 Å². The van der Waals surface area contributed by atoms with Crippen LogP contribution in [0.25, 0.3) is 10.8 Å². The molecule has 0 bridgehead atoms. The summed E-state index contributed by atoms with van der Waals surface area (Å²) in [5.41, 5.74) is 1.63. The van der Waals surface area contributed by atoms with Crippen LogP contribution in [0, 0.1) is 13.8 Å². The van der Waals surface area contributed by atoms with Crippen LogP contribution in [0.5, 0.6) is 5.75 Å². The van der Waals surface area contributed by atoms with Gasteiger partial charge in [0.25, 0.3) is 26.0 Å². The number of azo groups is 1. The van der Waals surface area contributed by atoms with Gasteiger partial charge in [0, 0.05) is 16.1 Å². The number of phenols is 1. The van der Waals surface area contributed by atoms with Crippen molar-refractivity contribution in [3.63, 3.8) is 0 Å². The van der Waals surface area contributed by atoms with Crippen molar-refractivity contribution in [1.82, 2.24) is 0 Å². The largest absolute Gasteiger partial charge is 0.505 e. The highest BCUT2D eigenvalue weighted by Gasteiger charge is 2.21. The third-order valence-corrected chi connectivity index (χ3v) is 9.48. The highest BCUT2D eigenvalue weighted by molar-refractivity contribution is 7.92. The van der Waals surface area contributed by atoms with Crippen LogP contribution in [0.1, 0.15) is 21.5 Å². The minimum atomic E-state index is -4.57. The van der Waals surface area contributed by atoms with Gasteiger partial charge in [0.1, 0.15) is 5.69 Å². The number of halogens is 1. The Balaban J connectivity index is 1.54. The molecule has 230 valence electrons. The average Bonchev–Trinajstić information content (AvgIpc) is 2.98. The summed E-state index contributed by atoms with van der Waals surface area (Å²) in [5, 5.41) is 23.6. The Morgan fingerprint density at radius 2 is 1.53 bits per heavy atom. The van der Waals surface area contributed by atoms with Gasteiger partial charge in [-0.05, 0) is 72.8 Å². The van der Waals surface area contributed by atoms with Crippen LogP contribution >= 0.6 is 11.6 Å². The van der Waals surface area contributed by atoms with E-state index in [-0.39, 0.29) is 32.5 Å². The molecule has 0 aliphatic rings. The number of para-hydroxylation sites is 1. The molecular weight excluding hydrogens is 640 g/mol. The molecule has 0 atom stereocenters. The summed E-state index contributed by atoms with van der Waals surface area (Å²) < 4.78 is 61.0. The zero-order valence-electron chi connectivity index (χ0n) is 23.7. The van der Waals surface area contributed by atoms with Crippen molar-refractivity contribution in [3.8, 4) is 5.75 Å². The summed E-state index contributed by atoms with van der Waals surface area (Å²) in [7, 11) is -8.90. The zero-order chi connectivity index (χ0) is 32.5. The average molecular weight is 665 g/mol. The second kappa shape index (κ2) is 12.3. The standard InChI is InChI=1S/C31H25ClN4O7S2/c1-18-8-3-6-13-27(18)33-31(38)25-14-20-9-4-5-12-24(20)29(30(25)37)35-34-28-17-23(16-26(32)19(28)2)44(39,40)36-21-10-7-11-22(15-21)45(41,42)43/h3-17,36-37H,1-2H3,(H,33,38)(H,41,42,43). The smallest absolute Gasteiger partial charge is 0.294 e. The summed E-state index contributed by atoms with van der Waals surface area (Å²) in [6.45, 7) is 3.43. The Hall–Kier alpha value is -4.82. The first kappa shape index (κ1) is 31.6. The number of hydrogen-bond donors (Lipinski definition) is 4. The maximum Gasteiger partial charge on any atom is 0.294 e. The van der Waals surface area contributed by atoms with E-state index >= 15 is 0 Å². The Kier molecular flexibility index (Phi) is 8.63. The number of rotatable bonds is 8. The van der Waals surface area contributed by atoms with Gasteiger partial charge < -0.3 is 10.4 Å². The van der Waals surface area contributed by atoms with E-state index in [9.17, 15) is 31.3 Å². The molecule has 0 saturated carbocycles. The Morgan fingerprint density at radius 3 is 2.27 bits per heavy atom. The van der Waals surface area contributed by atoms with Crippen LogP contribution in [0.3, 0.4) is 0 Å². The second-order valence-corrected chi connectivity index (χ2v) is 13.5. The van der Waals surface area contributed by atoms with Gasteiger partial charge >= 0.3 is 0 Å². The first-order valence-corrected chi connectivity index (χ1v) is 16.5. The molecule has 0 aromatic heterocycles. The lowest BCUT2D eigenvalue weighted by atomic mass is 10.0. The number of benzene rings is 5. The molecule has 1 amide bonds. The number of nitrogens with one attached hydrogen (secondary N) is 2. The van der Waals surface area contributed by atoms with Crippen LogP contribution in [0.4, 0.5) is 22.7 Å². The minimum absolute atomic E-state index is 0.0213. The number of fused-ring (bicyclic) bond motifs is 1. The van der Waals surface area contributed by atoms with E-state index in [2.05, 4.69) is 20.3 Å². The van der Waals surface area contributed by atoms with Crippen molar-refractivity contribution in [1.29, 1.82) is 0 Å². The molecule has 0 fully saturated rings. The number of phenolic OH excluding ortho intramolecular Hbond substituents is 1. The van der Waals surface area contributed by atoms with E-state index in [1.54, 1.807) is 43.3 Å². The predicted octanol–water partition coefficient (Wildman–Crippen LogP) is 7.53. The normalized spacial score (nSPS) is 12.0. The van der Waals surface area contributed by atoms with Crippen LogP contribution in [0.15, 0.2) is 111 Å². The number of carbonyl (C=O) groups is 1. The van der Waals surface area contributed by atoms with Crippen molar-refractivity contribution in [3.05, 3.63) is 113 Å². The summed E-state index contributed by atoms with van der Waals surface area (Å²) in [5.74, 6) is -1.00. The summed E-state index contributed by atoms with van der Waals surface area (Å²) in [6.07, 6.45) is 0. The van der Waals surface area contributed by atoms with E-state index in [0.717, 1.165) is 17.7 Å². The Labute approximate surface area is 264 Å². The van der Waals surface area contributed by atoms with Crippen LogP contribution in [0.2, 0.25) is 5.02 Å². The number of amides is 1. The molecule has 14 heteroatoms. The van der Waals surface area contributed by atoms with Crippen molar-refractivity contribution in [2.45, 2.75) is 23.6 Å². The van der Waals surface area contributed by atoms with E-state index in [0.29, 0.717) is 22.0 Å². The predicted molar refractivity (Wildman–Crippen MR) is 172 cm³/mol. The number of anilines is 2. The van der Waals surface area contributed by atoms with Gasteiger partial charge in [-0.3, -0.25) is 14.1 Å². The van der Waals surface area contributed by atoms with Crippen molar-refractivity contribution in [2.75, 3.05) is 10.0 Å². The first-order valence-electron chi connectivity index (χ1n) is 13.2. The van der Waals surface area contributed by atoms with Crippen molar-refractivity contribution < 1.29 is 31.3 Å². The molecule has 5 aromatic carbocycles. The second-order valence-electron chi connectivity index (χ2n) is 9.97. The summed E-state index contributed by atoms with van der Waals surface area (Å²) in [4.78, 5) is 12.4. The molecule has 5 rings (SSSR count). The first-order chi connectivity index (χ1) is 21.2. The molecule has 45 heavy (non-hydrogen) atoms. The van der Waals surface area contributed by atoms with Crippen LogP contribution in [-0.2, 0) is 20.1 Å². The molecule has 0 aliphatic heterocycles. The summed E-state index contributed by atoms with van der Waals surface area (Å²) in [6, 6.07) is 22.7. The monoisotopic (exact) mass is 664 g/mol.